The second kappa shape index (κ2) is 12.2. The lowest BCUT2D eigenvalue weighted by Gasteiger charge is -2.39. The van der Waals surface area contributed by atoms with Gasteiger partial charge in [-0.2, -0.15) is 0 Å². The second-order valence-electron chi connectivity index (χ2n) is 9.91. The van der Waals surface area contributed by atoms with Crippen LogP contribution in [0.25, 0.3) is 5.69 Å². The monoisotopic (exact) mass is 553 g/mol. The van der Waals surface area contributed by atoms with Crippen LogP contribution in [-0.2, 0) is 4.79 Å². The Bertz CT molecular complexity index is 1510. The maximum absolute atomic E-state index is 14.4. The molecule has 1 aliphatic heterocycles. The van der Waals surface area contributed by atoms with Crippen molar-refractivity contribution in [1.29, 1.82) is 0 Å². The molecule has 2 heterocycles. The number of fused-ring (bicyclic) bond motifs is 3. The largest absolute Gasteiger partial charge is 0.497 e. The van der Waals surface area contributed by atoms with Crippen molar-refractivity contribution in [3.63, 3.8) is 0 Å². The Morgan fingerprint density at radius 2 is 1.46 bits per heavy atom. The Labute approximate surface area is 240 Å². The smallest absolute Gasteiger partial charge is 0.254 e. The van der Waals surface area contributed by atoms with Crippen LogP contribution in [0.2, 0.25) is 0 Å². The number of anilines is 1. The second-order valence-corrected chi connectivity index (χ2v) is 9.91. The van der Waals surface area contributed by atoms with Crippen LogP contribution in [-0.4, -0.2) is 55.7 Å². The van der Waals surface area contributed by atoms with E-state index in [0.29, 0.717) is 23.6 Å². The average Bonchev–Trinajstić information content (AvgIpc) is 3.52. The number of hydrogen-bond donors (Lipinski definition) is 0. The minimum atomic E-state index is -0.390. The summed E-state index contributed by atoms with van der Waals surface area (Å²) in [7, 11) is 4.72. The number of aromatic nitrogens is 1. The molecule has 1 atom stereocenters. The molecule has 8 nitrogen and oxygen atoms in total. The number of ether oxygens (including phenoxy) is 3. The molecular formula is C33H35N3O5. The van der Waals surface area contributed by atoms with E-state index in [0.717, 1.165) is 41.2 Å². The highest BCUT2D eigenvalue weighted by molar-refractivity contribution is 6.03. The number of para-hydroxylation sites is 2. The summed E-state index contributed by atoms with van der Waals surface area (Å²) >= 11 is 0. The summed E-state index contributed by atoms with van der Waals surface area (Å²) < 4.78 is 18.3. The lowest BCUT2D eigenvalue weighted by atomic mass is 9.97. The summed E-state index contributed by atoms with van der Waals surface area (Å²) in [6.07, 6.45) is 3.66. The summed E-state index contributed by atoms with van der Waals surface area (Å²) in [6, 6.07) is 24.3. The molecule has 1 aromatic heterocycles. The number of methoxy groups -OCH3 is 3. The molecule has 0 aliphatic carbocycles. The number of carbonyl (C=O) groups is 2. The first-order valence-corrected chi connectivity index (χ1v) is 13.7. The molecule has 0 spiro atoms. The van der Waals surface area contributed by atoms with Crippen LogP contribution < -0.4 is 19.1 Å². The zero-order valence-corrected chi connectivity index (χ0v) is 23.9. The van der Waals surface area contributed by atoms with Gasteiger partial charge in [0, 0.05) is 24.4 Å². The van der Waals surface area contributed by atoms with Gasteiger partial charge in [0.05, 0.1) is 38.4 Å². The van der Waals surface area contributed by atoms with E-state index in [4.69, 9.17) is 14.2 Å². The maximum atomic E-state index is 14.4. The molecule has 41 heavy (non-hydrogen) atoms. The number of amides is 2. The van der Waals surface area contributed by atoms with Gasteiger partial charge in [0.1, 0.15) is 29.8 Å². The van der Waals surface area contributed by atoms with Crippen molar-refractivity contribution in [2.24, 2.45) is 0 Å². The molecule has 4 aromatic rings. The fourth-order valence-electron chi connectivity index (χ4n) is 5.32. The Morgan fingerprint density at radius 1 is 0.805 bits per heavy atom. The molecular weight excluding hydrogens is 518 g/mol. The molecule has 0 N–H and O–H groups in total. The first kappa shape index (κ1) is 27.8. The Morgan fingerprint density at radius 3 is 2.10 bits per heavy atom. The topological polar surface area (TPSA) is 73.2 Å². The van der Waals surface area contributed by atoms with E-state index in [1.807, 2.05) is 71.8 Å². The first-order valence-electron chi connectivity index (χ1n) is 13.7. The molecule has 0 bridgehead atoms. The van der Waals surface area contributed by atoms with Gasteiger partial charge < -0.3 is 23.7 Å². The van der Waals surface area contributed by atoms with Gasteiger partial charge in [-0.15, -0.1) is 0 Å². The van der Waals surface area contributed by atoms with E-state index in [2.05, 4.69) is 11.5 Å². The van der Waals surface area contributed by atoms with Crippen molar-refractivity contribution in [2.45, 2.75) is 25.8 Å². The lowest BCUT2D eigenvalue weighted by molar-refractivity contribution is -0.119. The van der Waals surface area contributed by atoms with Gasteiger partial charge in [0.25, 0.3) is 5.91 Å². The van der Waals surface area contributed by atoms with Crippen molar-refractivity contribution in [3.05, 3.63) is 102 Å². The number of carbonyl (C=O) groups excluding carboxylic acids is 2. The zero-order chi connectivity index (χ0) is 28.9. The number of benzene rings is 3. The molecule has 1 unspecified atom stereocenters. The third-order valence-corrected chi connectivity index (χ3v) is 7.41. The van der Waals surface area contributed by atoms with Gasteiger partial charge in [-0.25, -0.2) is 0 Å². The van der Waals surface area contributed by atoms with Crippen molar-refractivity contribution in [1.82, 2.24) is 9.47 Å². The van der Waals surface area contributed by atoms with Gasteiger partial charge in [-0.05, 0) is 60.5 Å². The Hall–Kier alpha value is -4.72. The Kier molecular flexibility index (Phi) is 8.29. The molecule has 0 saturated heterocycles. The minimum Gasteiger partial charge on any atom is -0.497 e. The molecule has 0 fully saturated rings. The van der Waals surface area contributed by atoms with E-state index >= 15 is 0 Å². The van der Waals surface area contributed by atoms with Crippen molar-refractivity contribution < 1.29 is 23.8 Å². The molecule has 8 heteroatoms. The van der Waals surface area contributed by atoms with Gasteiger partial charge in [-0.3, -0.25) is 14.5 Å². The first-order chi connectivity index (χ1) is 20.0. The van der Waals surface area contributed by atoms with E-state index in [-0.39, 0.29) is 18.4 Å². The molecule has 5 rings (SSSR count). The van der Waals surface area contributed by atoms with Crippen LogP contribution in [0.15, 0.2) is 85.1 Å². The molecule has 1 aliphatic rings. The van der Waals surface area contributed by atoms with Crippen LogP contribution in [0, 0.1) is 0 Å². The molecule has 2 amide bonds. The molecule has 212 valence electrons. The summed E-state index contributed by atoms with van der Waals surface area (Å²) in [5.41, 5.74) is 4.01. The molecule has 3 aromatic carbocycles. The normalized spacial score (nSPS) is 13.7. The SMILES string of the molecule is CCCCN(CC(=O)N1c2ccccc2-n2cccc2C1c1ccc(OC)cc1)C(=O)c1cc(OC)cc(OC)c1. The Balaban J connectivity index is 1.55. The number of hydrogen-bond acceptors (Lipinski definition) is 5. The fourth-order valence-corrected chi connectivity index (χ4v) is 5.32. The lowest BCUT2D eigenvalue weighted by Crippen LogP contribution is -2.47. The van der Waals surface area contributed by atoms with Crippen molar-refractivity contribution in [2.75, 3.05) is 39.3 Å². The zero-order valence-electron chi connectivity index (χ0n) is 23.9. The van der Waals surface area contributed by atoms with E-state index in [9.17, 15) is 9.59 Å². The highest BCUT2D eigenvalue weighted by atomic mass is 16.5. The highest BCUT2D eigenvalue weighted by Crippen LogP contribution is 2.42. The summed E-state index contributed by atoms with van der Waals surface area (Å²) in [5, 5.41) is 0. The van der Waals surface area contributed by atoms with Crippen LogP contribution in [0.3, 0.4) is 0 Å². The van der Waals surface area contributed by atoms with Crippen molar-refractivity contribution in [3.8, 4) is 22.9 Å². The van der Waals surface area contributed by atoms with Crippen LogP contribution in [0.1, 0.15) is 47.4 Å². The molecule has 0 radical (unpaired) electrons. The van der Waals surface area contributed by atoms with Crippen LogP contribution >= 0.6 is 0 Å². The van der Waals surface area contributed by atoms with E-state index in [1.165, 1.54) is 0 Å². The third-order valence-electron chi connectivity index (χ3n) is 7.41. The van der Waals surface area contributed by atoms with E-state index in [1.54, 1.807) is 44.4 Å². The van der Waals surface area contributed by atoms with Crippen LogP contribution in [0.5, 0.6) is 17.2 Å². The predicted octanol–water partition coefficient (Wildman–Crippen LogP) is 5.88. The number of rotatable bonds is 10. The maximum Gasteiger partial charge on any atom is 0.254 e. The highest BCUT2D eigenvalue weighted by Gasteiger charge is 2.37. The summed E-state index contributed by atoms with van der Waals surface area (Å²) in [5.74, 6) is 1.34. The quantitative estimate of drug-likeness (QED) is 0.245. The van der Waals surface area contributed by atoms with Crippen molar-refractivity contribution >= 4 is 17.5 Å². The number of nitrogens with zero attached hydrogens (tertiary/aromatic N) is 3. The summed E-state index contributed by atoms with van der Waals surface area (Å²) in [4.78, 5) is 31.7. The predicted molar refractivity (Wildman–Crippen MR) is 158 cm³/mol. The standard InChI is InChI=1S/C33H35N3O5/c1-5-6-17-34(33(38)24-19-26(40-3)21-27(20-24)41-4)22-31(37)36-29-11-8-7-10-28(29)35-18-9-12-30(35)32(36)23-13-15-25(39-2)16-14-23/h7-16,18-21,32H,5-6,17,22H2,1-4H3. The van der Waals surface area contributed by atoms with Crippen LogP contribution in [0.4, 0.5) is 5.69 Å². The minimum absolute atomic E-state index is 0.0833. The van der Waals surface area contributed by atoms with Gasteiger partial charge in [-0.1, -0.05) is 37.6 Å². The van der Waals surface area contributed by atoms with E-state index < -0.39 is 6.04 Å². The molecule has 0 saturated carbocycles. The fraction of sp³-hybridized carbons (Fsp3) is 0.273. The number of unbranched alkanes of at least 4 members (excludes halogenated alkanes) is 1. The van der Waals surface area contributed by atoms with Gasteiger partial charge in [0.2, 0.25) is 5.91 Å². The summed E-state index contributed by atoms with van der Waals surface area (Å²) in [6.45, 7) is 2.42. The average molecular weight is 554 g/mol. The van der Waals surface area contributed by atoms with Gasteiger partial charge in [0.15, 0.2) is 0 Å². The van der Waals surface area contributed by atoms with Gasteiger partial charge >= 0.3 is 0 Å². The third kappa shape index (κ3) is 5.50.